The Labute approximate surface area is 165 Å². The van der Waals surface area contributed by atoms with Crippen molar-refractivity contribution in [1.82, 2.24) is 0 Å². The molecule has 0 saturated heterocycles. The molecule has 0 bridgehead atoms. The minimum atomic E-state index is -0.543. The van der Waals surface area contributed by atoms with Gasteiger partial charge in [-0.2, -0.15) is 0 Å². The van der Waals surface area contributed by atoms with Crippen LogP contribution in [0.4, 0.5) is 5.00 Å². The van der Waals surface area contributed by atoms with Crippen molar-refractivity contribution in [2.75, 3.05) is 11.9 Å². The van der Waals surface area contributed by atoms with E-state index in [1.165, 1.54) is 11.3 Å². The van der Waals surface area contributed by atoms with E-state index in [0.29, 0.717) is 28.3 Å². The fourth-order valence-electron chi connectivity index (χ4n) is 2.59. The van der Waals surface area contributed by atoms with Gasteiger partial charge in [0, 0.05) is 5.39 Å². The van der Waals surface area contributed by atoms with Gasteiger partial charge < -0.3 is 19.2 Å². The van der Waals surface area contributed by atoms with E-state index in [2.05, 4.69) is 5.32 Å². The molecule has 0 radical (unpaired) electrons. The van der Waals surface area contributed by atoms with Crippen LogP contribution in [0.1, 0.15) is 41.5 Å². The molecule has 2 heterocycles. The smallest absolute Gasteiger partial charge is 0.341 e. The zero-order valence-electron chi connectivity index (χ0n) is 15.7. The first-order valence-corrected chi connectivity index (χ1v) is 9.62. The monoisotopic (exact) mass is 400 g/mol. The maximum Gasteiger partial charge on any atom is 0.341 e. The molecule has 0 aliphatic rings. The molecular weight excluding hydrogens is 380 g/mol. The minimum absolute atomic E-state index is 0.0534. The summed E-state index contributed by atoms with van der Waals surface area (Å²) in [5, 5.41) is 13.5. The van der Waals surface area contributed by atoms with Crippen molar-refractivity contribution < 1.29 is 23.5 Å². The Balaban J connectivity index is 1.91. The Morgan fingerprint density at radius 2 is 2.04 bits per heavy atom. The molecule has 0 aliphatic heterocycles. The molecule has 3 rings (SSSR count). The molecule has 1 amide bonds. The van der Waals surface area contributed by atoms with Crippen LogP contribution in [0.2, 0.25) is 0 Å². The molecule has 3 aromatic rings. The van der Waals surface area contributed by atoms with Gasteiger partial charge in [-0.25, -0.2) is 4.79 Å². The van der Waals surface area contributed by atoms with E-state index in [9.17, 15) is 9.59 Å². The number of benzene rings is 1. The van der Waals surface area contributed by atoms with Crippen LogP contribution in [0.15, 0.2) is 40.1 Å². The number of anilines is 1. The third kappa shape index (κ3) is 4.07. The van der Waals surface area contributed by atoms with E-state index in [0.717, 1.165) is 0 Å². The second-order valence-electron chi connectivity index (χ2n) is 6.17. The lowest BCUT2D eigenvalue weighted by Crippen LogP contribution is -2.22. The van der Waals surface area contributed by atoms with Crippen molar-refractivity contribution in [3.05, 3.63) is 52.4 Å². The highest BCUT2D eigenvalue weighted by Crippen LogP contribution is 2.27. The first-order valence-electron chi connectivity index (χ1n) is 8.74. The molecule has 0 spiro atoms. The SMILES string of the molecule is CCOc1cccc2cc(C(=O)Nc3sccc3C(=O)OC(C)C)c(=N)oc12. The highest BCUT2D eigenvalue weighted by Gasteiger charge is 2.20. The lowest BCUT2D eigenvalue weighted by molar-refractivity contribution is 0.0379. The standard InChI is InChI=1S/C20H20N2O5S/c1-4-25-15-7-5-6-12-10-14(17(21)27-16(12)15)18(23)22-19-13(8-9-28-19)20(24)26-11(2)3/h5-11,21H,4H2,1-3H3,(H,22,23). The number of esters is 1. The summed E-state index contributed by atoms with van der Waals surface area (Å²) < 4.78 is 16.2. The number of hydrogen-bond donors (Lipinski definition) is 2. The third-order valence-electron chi connectivity index (χ3n) is 3.76. The molecule has 1 aromatic carbocycles. The number of para-hydroxylation sites is 1. The Kier molecular flexibility index (Phi) is 5.79. The van der Waals surface area contributed by atoms with Crippen LogP contribution in [0.3, 0.4) is 0 Å². The van der Waals surface area contributed by atoms with Crippen molar-refractivity contribution in [2.24, 2.45) is 0 Å². The van der Waals surface area contributed by atoms with Gasteiger partial charge in [-0.3, -0.25) is 10.2 Å². The first kappa shape index (κ1) is 19.6. The van der Waals surface area contributed by atoms with E-state index >= 15 is 0 Å². The fourth-order valence-corrected chi connectivity index (χ4v) is 3.36. The molecule has 8 heteroatoms. The summed E-state index contributed by atoms with van der Waals surface area (Å²) >= 11 is 1.20. The number of nitrogens with one attached hydrogen (secondary N) is 2. The molecule has 0 fully saturated rings. The molecule has 7 nitrogen and oxygen atoms in total. The van der Waals surface area contributed by atoms with E-state index in [1.54, 1.807) is 49.6 Å². The van der Waals surface area contributed by atoms with Crippen LogP contribution in [0, 0.1) is 5.41 Å². The molecule has 0 atom stereocenters. The zero-order chi connectivity index (χ0) is 20.3. The van der Waals surface area contributed by atoms with Gasteiger partial charge in [-0.05, 0) is 44.4 Å². The average Bonchev–Trinajstić information content (AvgIpc) is 3.09. The van der Waals surface area contributed by atoms with Crippen molar-refractivity contribution in [2.45, 2.75) is 26.9 Å². The van der Waals surface area contributed by atoms with Crippen molar-refractivity contribution in [3.63, 3.8) is 0 Å². The largest absolute Gasteiger partial charge is 0.490 e. The van der Waals surface area contributed by atoms with Gasteiger partial charge in [0.2, 0.25) is 5.55 Å². The molecular formula is C20H20N2O5S. The average molecular weight is 400 g/mol. The number of carbonyl (C=O) groups excluding carboxylic acids is 2. The fraction of sp³-hybridized carbons (Fsp3) is 0.250. The summed E-state index contributed by atoms with van der Waals surface area (Å²) in [6.07, 6.45) is -0.269. The second kappa shape index (κ2) is 8.26. The molecule has 28 heavy (non-hydrogen) atoms. The number of hydrogen-bond acceptors (Lipinski definition) is 7. The zero-order valence-corrected chi connectivity index (χ0v) is 16.5. The predicted octanol–water partition coefficient (Wildman–Crippen LogP) is 4.19. The van der Waals surface area contributed by atoms with Crippen LogP contribution in [-0.4, -0.2) is 24.6 Å². The normalized spacial score (nSPS) is 10.9. The van der Waals surface area contributed by atoms with Gasteiger partial charge in [-0.1, -0.05) is 12.1 Å². The Hall–Kier alpha value is -3.13. The molecule has 2 N–H and O–H groups in total. The summed E-state index contributed by atoms with van der Waals surface area (Å²) in [4.78, 5) is 24.9. The lowest BCUT2D eigenvalue weighted by atomic mass is 10.1. The van der Waals surface area contributed by atoms with Crippen molar-refractivity contribution in [3.8, 4) is 5.75 Å². The van der Waals surface area contributed by atoms with Gasteiger partial charge >= 0.3 is 5.97 Å². The summed E-state index contributed by atoms with van der Waals surface area (Å²) in [6, 6.07) is 8.46. The van der Waals surface area contributed by atoms with Crippen LogP contribution < -0.4 is 15.6 Å². The van der Waals surface area contributed by atoms with Gasteiger partial charge in [0.1, 0.15) is 10.6 Å². The van der Waals surface area contributed by atoms with Crippen molar-refractivity contribution in [1.29, 1.82) is 5.41 Å². The highest BCUT2D eigenvalue weighted by molar-refractivity contribution is 7.14. The van der Waals surface area contributed by atoms with Gasteiger partial charge in [0.15, 0.2) is 11.3 Å². The molecule has 0 aliphatic carbocycles. The summed E-state index contributed by atoms with van der Waals surface area (Å²) in [5.41, 5.74) is 0.441. The second-order valence-corrected chi connectivity index (χ2v) is 7.08. The van der Waals surface area contributed by atoms with Gasteiger partial charge in [0.25, 0.3) is 5.91 Å². The predicted molar refractivity (Wildman–Crippen MR) is 106 cm³/mol. The number of thiophene rings is 1. The van der Waals surface area contributed by atoms with Crippen molar-refractivity contribution >= 4 is 39.2 Å². The lowest BCUT2D eigenvalue weighted by Gasteiger charge is -2.10. The summed E-state index contributed by atoms with van der Waals surface area (Å²) in [7, 11) is 0. The van der Waals surface area contributed by atoms with Crippen LogP contribution in [-0.2, 0) is 4.74 Å². The summed E-state index contributed by atoms with van der Waals surface area (Å²) in [6.45, 7) is 5.81. The first-order chi connectivity index (χ1) is 13.4. The van der Waals surface area contributed by atoms with Crippen LogP contribution in [0.25, 0.3) is 11.0 Å². The Bertz CT molecular complexity index is 1080. The highest BCUT2D eigenvalue weighted by atomic mass is 32.1. The van der Waals surface area contributed by atoms with Crippen LogP contribution in [0.5, 0.6) is 5.75 Å². The maximum absolute atomic E-state index is 12.7. The molecule has 0 unspecified atom stereocenters. The number of fused-ring (bicyclic) bond motifs is 1. The van der Waals surface area contributed by atoms with Gasteiger partial charge in [-0.15, -0.1) is 11.3 Å². The minimum Gasteiger partial charge on any atom is -0.490 e. The van der Waals surface area contributed by atoms with Gasteiger partial charge in [0.05, 0.1) is 18.3 Å². The number of amides is 1. The summed E-state index contributed by atoms with van der Waals surface area (Å²) in [5.74, 6) is -0.543. The Morgan fingerprint density at radius 1 is 1.25 bits per heavy atom. The van der Waals surface area contributed by atoms with Crippen LogP contribution >= 0.6 is 11.3 Å². The number of rotatable bonds is 6. The topological polar surface area (TPSA) is 102 Å². The maximum atomic E-state index is 12.7. The van der Waals surface area contributed by atoms with E-state index in [4.69, 9.17) is 19.3 Å². The molecule has 2 aromatic heterocycles. The molecule has 0 saturated carbocycles. The van der Waals surface area contributed by atoms with E-state index < -0.39 is 11.9 Å². The van der Waals surface area contributed by atoms with E-state index in [-0.39, 0.29) is 22.8 Å². The molecule has 146 valence electrons. The number of ether oxygens (including phenoxy) is 2. The quantitative estimate of drug-likeness (QED) is 0.604. The van der Waals surface area contributed by atoms with E-state index in [1.807, 2.05) is 6.92 Å². The third-order valence-corrected chi connectivity index (χ3v) is 4.59. The Morgan fingerprint density at radius 3 is 2.75 bits per heavy atom. The number of carbonyl (C=O) groups is 2.